The van der Waals surface area contributed by atoms with E-state index in [9.17, 15) is 4.79 Å². The number of amides is 1. The molecule has 0 radical (unpaired) electrons. The van der Waals surface area contributed by atoms with Gasteiger partial charge >= 0.3 is 6.09 Å². The van der Waals surface area contributed by atoms with E-state index in [-0.39, 0.29) is 6.04 Å². The first-order valence-electron chi connectivity index (χ1n) is 9.08. The van der Waals surface area contributed by atoms with Crippen LogP contribution in [0.5, 0.6) is 0 Å². The van der Waals surface area contributed by atoms with E-state index in [0.717, 1.165) is 14.9 Å². The van der Waals surface area contributed by atoms with Crippen molar-refractivity contribution in [2.75, 3.05) is 5.75 Å². The van der Waals surface area contributed by atoms with Crippen LogP contribution in [0.15, 0.2) is 58.3 Å². The lowest BCUT2D eigenvalue weighted by atomic mass is 10.1. The number of rotatable bonds is 6. The monoisotopic (exact) mass is 461 g/mol. The molecule has 5 nitrogen and oxygen atoms in total. The first-order valence-corrected chi connectivity index (χ1v) is 10.9. The van der Waals surface area contributed by atoms with E-state index >= 15 is 0 Å². The molecule has 1 amide bonds. The number of nitrogens with zero attached hydrogens (tertiary/aromatic N) is 1. The van der Waals surface area contributed by atoms with Gasteiger partial charge in [0.2, 0.25) is 0 Å². The number of benzene rings is 1. The summed E-state index contributed by atoms with van der Waals surface area (Å²) in [6.07, 6.45) is 5.90. The molecule has 1 atom stereocenters. The minimum Gasteiger partial charge on any atom is -0.444 e. The van der Waals surface area contributed by atoms with Crippen molar-refractivity contribution < 1.29 is 9.53 Å². The van der Waals surface area contributed by atoms with Crippen LogP contribution in [-0.2, 0) is 11.2 Å². The molecule has 3 rings (SSSR count). The minimum atomic E-state index is -0.531. The van der Waals surface area contributed by atoms with Gasteiger partial charge < -0.3 is 15.0 Å². The number of H-pyrrole nitrogens is 1. The molecular weight excluding hydrogens is 438 g/mol. The van der Waals surface area contributed by atoms with Gasteiger partial charge in [-0.3, -0.25) is 4.98 Å². The molecule has 0 saturated heterocycles. The molecule has 2 heterocycles. The first-order chi connectivity index (χ1) is 13.3. The van der Waals surface area contributed by atoms with Crippen LogP contribution in [0.1, 0.15) is 26.3 Å². The number of carbonyl (C=O) groups excluding carboxylic acids is 1. The molecule has 1 aromatic carbocycles. The van der Waals surface area contributed by atoms with Crippen LogP contribution in [0.25, 0.3) is 10.9 Å². The number of pyridine rings is 1. The Balaban J connectivity index is 1.74. The van der Waals surface area contributed by atoms with E-state index in [1.54, 1.807) is 18.0 Å². The van der Waals surface area contributed by atoms with Crippen molar-refractivity contribution in [1.29, 1.82) is 0 Å². The zero-order valence-electron chi connectivity index (χ0n) is 16.2. The molecule has 0 unspecified atom stereocenters. The van der Waals surface area contributed by atoms with Crippen LogP contribution in [0.2, 0.25) is 0 Å². The predicted molar refractivity (Wildman–Crippen MR) is 118 cm³/mol. The van der Waals surface area contributed by atoms with Crippen molar-refractivity contribution in [3.8, 4) is 0 Å². The van der Waals surface area contributed by atoms with Crippen molar-refractivity contribution >= 4 is 44.7 Å². The Morgan fingerprint density at radius 1 is 1.32 bits per heavy atom. The van der Waals surface area contributed by atoms with Gasteiger partial charge in [-0.05, 0) is 60.8 Å². The number of aromatic amines is 1. The molecule has 0 aliphatic carbocycles. The fourth-order valence-corrected chi connectivity index (χ4v) is 4.32. The van der Waals surface area contributed by atoms with Crippen LogP contribution in [-0.4, -0.2) is 33.5 Å². The Labute approximate surface area is 177 Å². The fourth-order valence-electron chi connectivity index (χ4n) is 2.86. The molecule has 0 fully saturated rings. The standard InChI is InChI=1S/C21H24BrN3O2S/c1-21(2,3)27-20(26)25-16(13-28-17-9-15(22)11-23-12-17)8-14-10-24-19-7-5-4-6-18(14)19/h4-7,9-12,16,24H,8,13H2,1-3H3,(H,25,26)/t16-/m0/s1. The molecule has 3 aromatic rings. The second-order valence-electron chi connectivity index (χ2n) is 7.56. The highest BCUT2D eigenvalue weighted by Gasteiger charge is 2.21. The van der Waals surface area contributed by atoms with Crippen LogP contribution in [0.4, 0.5) is 4.79 Å². The summed E-state index contributed by atoms with van der Waals surface area (Å²) in [5.41, 5.74) is 1.73. The maximum atomic E-state index is 12.4. The lowest BCUT2D eigenvalue weighted by molar-refractivity contribution is 0.0509. The summed E-state index contributed by atoms with van der Waals surface area (Å²) < 4.78 is 6.39. The highest BCUT2D eigenvalue weighted by Crippen LogP contribution is 2.24. The molecule has 0 aliphatic rings. The molecule has 7 heteroatoms. The number of carbonyl (C=O) groups is 1. The number of alkyl carbamates (subject to hydrolysis) is 1. The average Bonchev–Trinajstić information content (AvgIpc) is 3.01. The SMILES string of the molecule is CC(C)(C)OC(=O)N[C@H](CSc1cncc(Br)c1)Cc1c[nH]c2ccccc12. The van der Waals surface area contributed by atoms with Crippen LogP contribution >= 0.6 is 27.7 Å². The molecule has 0 bridgehead atoms. The van der Waals surface area contributed by atoms with Gasteiger partial charge in [0.05, 0.1) is 0 Å². The summed E-state index contributed by atoms with van der Waals surface area (Å²) in [5, 5.41) is 4.21. The zero-order chi connectivity index (χ0) is 20.1. The van der Waals surface area contributed by atoms with Crippen LogP contribution in [0.3, 0.4) is 0 Å². The quantitative estimate of drug-likeness (QED) is 0.471. The Bertz CT molecular complexity index is 952. The van der Waals surface area contributed by atoms with Gasteiger partial charge in [-0.2, -0.15) is 0 Å². The summed E-state index contributed by atoms with van der Waals surface area (Å²) in [5.74, 6) is 0.705. The van der Waals surface area contributed by atoms with Gasteiger partial charge in [-0.15, -0.1) is 11.8 Å². The smallest absolute Gasteiger partial charge is 0.407 e. The van der Waals surface area contributed by atoms with E-state index in [1.807, 2.05) is 51.4 Å². The van der Waals surface area contributed by atoms with Gasteiger partial charge in [0.25, 0.3) is 0 Å². The topological polar surface area (TPSA) is 67.0 Å². The highest BCUT2D eigenvalue weighted by atomic mass is 79.9. The van der Waals surface area contributed by atoms with Gasteiger partial charge in [0, 0.05) is 50.7 Å². The second kappa shape index (κ2) is 9.01. The van der Waals surface area contributed by atoms with Crippen molar-refractivity contribution in [2.45, 2.75) is 43.7 Å². The van der Waals surface area contributed by atoms with Crippen molar-refractivity contribution in [1.82, 2.24) is 15.3 Å². The average molecular weight is 462 g/mol. The number of para-hydroxylation sites is 1. The van der Waals surface area contributed by atoms with Gasteiger partial charge in [-0.25, -0.2) is 4.79 Å². The Morgan fingerprint density at radius 3 is 2.86 bits per heavy atom. The summed E-state index contributed by atoms with van der Waals surface area (Å²) >= 11 is 5.11. The van der Waals surface area contributed by atoms with Crippen molar-refractivity contribution in [2.24, 2.45) is 0 Å². The van der Waals surface area contributed by atoms with E-state index in [1.165, 1.54) is 10.9 Å². The molecule has 0 spiro atoms. The largest absolute Gasteiger partial charge is 0.444 e. The Morgan fingerprint density at radius 2 is 2.11 bits per heavy atom. The number of fused-ring (bicyclic) bond motifs is 1. The lowest BCUT2D eigenvalue weighted by Crippen LogP contribution is -2.41. The van der Waals surface area contributed by atoms with E-state index in [0.29, 0.717) is 12.2 Å². The molecular formula is C21H24BrN3O2S. The number of ether oxygens (including phenoxy) is 1. The van der Waals surface area contributed by atoms with E-state index in [4.69, 9.17) is 4.74 Å². The first kappa shape index (κ1) is 20.7. The highest BCUT2D eigenvalue weighted by molar-refractivity contribution is 9.10. The zero-order valence-corrected chi connectivity index (χ0v) is 18.6. The van der Waals surface area contributed by atoms with Crippen molar-refractivity contribution in [3.05, 3.63) is 59.0 Å². The Hall–Kier alpha value is -1.99. The number of hydrogen-bond acceptors (Lipinski definition) is 4. The number of aromatic nitrogens is 2. The van der Waals surface area contributed by atoms with E-state index in [2.05, 4.69) is 43.3 Å². The lowest BCUT2D eigenvalue weighted by Gasteiger charge is -2.23. The summed E-state index contributed by atoms with van der Waals surface area (Å²) in [4.78, 5) is 20.9. The predicted octanol–water partition coefficient (Wildman–Crippen LogP) is 5.55. The fraction of sp³-hybridized carbons (Fsp3) is 0.333. The molecule has 2 aromatic heterocycles. The van der Waals surface area contributed by atoms with Gasteiger partial charge in [-0.1, -0.05) is 18.2 Å². The number of hydrogen-bond donors (Lipinski definition) is 2. The third kappa shape index (κ3) is 6.01. The third-order valence-corrected chi connectivity index (χ3v) is 5.55. The number of thioether (sulfide) groups is 1. The molecule has 28 heavy (non-hydrogen) atoms. The van der Waals surface area contributed by atoms with Gasteiger partial charge in [0.1, 0.15) is 5.60 Å². The maximum absolute atomic E-state index is 12.4. The van der Waals surface area contributed by atoms with E-state index < -0.39 is 11.7 Å². The molecule has 148 valence electrons. The Kier molecular flexibility index (Phi) is 6.67. The molecule has 0 aliphatic heterocycles. The normalized spacial score (nSPS) is 12.7. The molecule has 0 saturated carbocycles. The number of halogens is 1. The second-order valence-corrected chi connectivity index (χ2v) is 9.57. The van der Waals surface area contributed by atoms with Crippen molar-refractivity contribution in [3.63, 3.8) is 0 Å². The number of nitrogens with one attached hydrogen (secondary N) is 2. The van der Waals surface area contributed by atoms with Gasteiger partial charge in [0.15, 0.2) is 0 Å². The van der Waals surface area contributed by atoms with Crippen LogP contribution in [0, 0.1) is 0 Å². The third-order valence-electron chi connectivity index (χ3n) is 3.99. The minimum absolute atomic E-state index is 0.0852. The summed E-state index contributed by atoms with van der Waals surface area (Å²) in [6.45, 7) is 5.59. The summed E-state index contributed by atoms with van der Waals surface area (Å²) in [6, 6.07) is 10.1. The maximum Gasteiger partial charge on any atom is 0.407 e. The summed E-state index contributed by atoms with van der Waals surface area (Å²) in [7, 11) is 0. The molecule has 2 N–H and O–H groups in total. The van der Waals surface area contributed by atoms with Crippen LogP contribution < -0.4 is 5.32 Å².